The third kappa shape index (κ3) is 4.17. The molecule has 0 saturated carbocycles. The minimum absolute atomic E-state index is 0.661. The monoisotopic (exact) mass is 692 g/mol. The highest BCUT2D eigenvalue weighted by atomic mass is 32.1. The number of aromatic nitrogens is 4. The molecule has 0 fully saturated rings. The number of benzene rings is 8. The first-order chi connectivity index (χ1) is 26.3. The second kappa shape index (κ2) is 10.8. The van der Waals surface area contributed by atoms with Crippen molar-refractivity contribution in [3.05, 3.63) is 170 Å². The van der Waals surface area contributed by atoms with Crippen LogP contribution in [0.5, 0.6) is 0 Å². The van der Waals surface area contributed by atoms with Gasteiger partial charge in [0.25, 0.3) is 0 Å². The molecule has 4 nitrogen and oxygen atoms in total. The molecule has 0 amide bonds. The molecule has 0 atom stereocenters. The quantitative estimate of drug-likeness (QED) is 0.185. The fraction of sp³-hybridized carbons (Fsp3) is 0. The third-order valence-corrected chi connectivity index (χ3v) is 12.0. The molecule has 12 aromatic rings. The van der Waals surface area contributed by atoms with Gasteiger partial charge in [0.05, 0.1) is 33.3 Å². The smallest absolute Gasteiger partial charge is 0.235 e. The Morgan fingerprint density at radius 2 is 1.00 bits per heavy atom. The lowest BCUT2D eigenvalue weighted by molar-refractivity contribution is 1.01. The summed E-state index contributed by atoms with van der Waals surface area (Å²) < 4.78 is 7.19. The molecule has 8 aromatic carbocycles. The van der Waals surface area contributed by atoms with E-state index in [1.54, 1.807) is 0 Å². The summed E-state index contributed by atoms with van der Waals surface area (Å²) >= 11 is 1.85. The molecule has 0 aliphatic rings. The Bertz CT molecular complexity index is 3460. The zero-order valence-electron chi connectivity index (χ0n) is 28.4. The van der Waals surface area contributed by atoms with Crippen LogP contribution in [0.25, 0.3) is 108 Å². The Morgan fingerprint density at radius 1 is 0.377 bits per heavy atom. The molecule has 12 rings (SSSR count). The number of nitrogens with zero attached hydrogens (tertiary/aromatic N) is 4. The highest BCUT2D eigenvalue weighted by Gasteiger charge is 2.21. The lowest BCUT2D eigenvalue weighted by Gasteiger charge is -2.12. The molecule has 4 aromatic heterocycles. The maximum atomic E-state index is 5.47. The second-order valence-electron chi connectivity index (χ2n) is 13.8. The molecule has 4 heterocycles. The van der Waals surface area contributed by atoms with E-state index in [2.05, 4.69) is 179 Å². The van der Waals surface area contributed by atoms with Crippen molar-refractivity contribution in [1.29, 1.82) is 0 Å². The van der Waals surface area contributed by atoms with E-state index in [0.717, 1.165) is 44.4 Å². The summed E-state index contributed by atoms with van der Waals surface area (Å²) in [4.78, 5) is 10.8. The van der Waals surface area contributed by atoms with Gasteiger partial charge in [-0.3, -0.25) is 4.57 Å². The first-order valence-corrected chi connectivity index (χ1v) is 18.7. The number of hydrogen-bond donors (Lipinski definition) is 0. The van der Waals surface area contributed by atoms with Crippen molar-refractivity contribution >= 4 is 96.8 Å². The topological polar surface area (TPSA) is 35.6 Å². The van der Waals surface area contributed by atoms with Crippen molar-refractivity contribution in [2.75, 3.05) is 0 Å². The van der Waals surface area contributed by atoms with Crippen molar-refractivity contribution in [3.63, 3.8) is 0 Å². The van der Waals surface area contributed by atoms with Gasteiger partial charge in [0.15, 0.2) is 0 Å². The van der Waals surface area contributed by atoms with Crippen molar-refractivity contribution < 1.29 is 0 Å². The van der Waals surface area contributed by atoms with Crippen LogP contribution in [0.1, 0.15) is 0 Å². The molecule has 0 bridgehead atoms. The predicted octanol–water partition coefficient (Wildman–Crippen LogP) is 13.0. The highest BCUT2D eigenvalue weighted by molar-refractivity contribution is 7.25. The summed E-state index contributed by atoms with van der Waals surface area (Å²) in [6.45, 7) is 0. The molecular formula is C48H28N4S. The largest absolute Gasteiger partial charge is 0.309 e. The van der Waals surface area contributed by atoms with Crippen molar-refractivity contribution in [2.24, 2.45) is 0 Å². The van der Waals surface area contributed by atoms with E-state index >= 15 is 0 Å². The molecule has 0 unspecified atom stereocenters. The Morgan fingerprint density at radius 3 is 1.79 bits per heavy atom. The maximum Gasteiger partial charge on any atom is 0.235 e. The Kier molecular flexibility index (Phi) is 5.90. The SMILES string of the molecule is c1ccc(-n2c3ccccc3c3cc4c5ccccc5n(-c5nc(-c6ccc7c(c6)sc6cc8ccccc8cc67)c6ccccc6n5)c4cc32)cc1. The van der Waals surface area contributed by atoms with Crippen molar-refractivity contribution in [2.45, 2.75) is 0 Å². The van der Waals surface area contributed by atoms with Crippen molar-refractivity contribution in [3.8, 4) is 22.9 Å². The average Bonchev–Trinajstić information content (AvgIpc) is 3.85. The molecule has 0 radical (unpaired) electrons. The van der Waals surface area contributed by atoms with Gasteiger partial charge in [-0.05, 0) is 71.4 Å². The van der Waals surface area contributed by atoms with E-state index in [1.807, 2.05) is 11.3 Å². The summed E-state index contributed by atoms with van der Waals surface area (Å²) in [5, 5.41) is 11.0. The molecule has 246 valence electrons. The molecule has 0 saturated heterocycles. The van der Waals surface area contributed by atoms with E-state index in [9.17, 15) is 0 Å². The normalized spacial score (nSPS) is 12.2. The molecule has 53 heavy (non-hydrogen) atoms. The first-order valence-electron chi connectivity index (χ1n) is 17.9. The molecule has 0 spiro atoms. The van der Waals surface area contributed by atoms with Crippen LogP contribution >= 0.6 is 11.3 Å². The van der Waals surface area contributed by atoms with Crippen LogP contribution in [-0.4, -0.2) is 19.1 Å². The van der Waals surface area contributed by atoms with Crippen LogP contribution in [0.4, 0.5) is 0 Å². The highest BCUT2D eigenvalue weighted by Crippen LogP contribution is 2.42. The fourth-order valence-electron chi connectivity index (χ4n) is 8.50. The van der Waals surface area contributed by atoms with Gasteiger partial charge in [-0.15, -0.1) is 11.3 Å². The molecule has 0 aliphatic carbocycles. The Labute approximate surface area is 307 Å². The maximum absolute atomic E-state index is 5.47. The van der Waals surface area contributed by atoms with Crippen LogP contribution in [0.2, 0.25) is 0 Å². The van der Waals surface area contributed by atoms with E-state index in [-0.39, 0.29) is 0 Å². The van der Waals surface area contributed by atoms with Crippen LogP contribution in [0.3, 0.4) is 0 Å². The minimum atomic E-state index is 0.661. The van der Waals surface area contributed by atoms with Crippen molar-refractivity contribution in [1.82, 2.24) is 19.1 Å². The van der Waals surface area contributed by atoms with E-state index in [4.69, 9.17) is 9.97 Å². The van der Waals surface area contributed by atoms with Crippen LogP contribution in [-0.2, 0) is 0 Å². The summed E-state index contributed by atoms with van der Waals surface area (Å²) in [6.07, 6.45) is 0. The van der Waals surface area contributed by atoms with Gasteiger partial charge >= 0.3 is 0 Å². The number of hydrogen-bond acceptors (Lipinski definition) is 3. The third-order valence-electron chi connectivity index (χ3n) is 10.9. The number of rotatable bonds is 3. The first kappa shape index (κ1) is 28.8. The lowest BCUT2D eigenvalue weighted by atomic mass is 10.0. The summed E-state index contributed by atoms with van der Waals surface area (Å²) in [6, 6.07) is 61.2. The zero-order valence-corrected chi connectivity index (χ0v) is 29.2. The van der Waals surface area contributed by atoms with Gasteiger partial charge < -0.3 is 4.57 Å². The van der Waals surface area contributed by atoms with Crippen LogP contribution in [0, 0.1) is 0 Å². The van der Waals surface area contributed by atoms with Gasteiger partial charge in [0.1, 0.15) is 0 Å². The summed E-state index contributed by atoms with van der Waals surface area (Å²) in [5.74, 6) is 0.661. The molecule has 5 heteroatoms. The van der Waals surface area contributed by atoms with Gasteiger partial charge in [0, 0.05) is 58.4 Å². The number of thiophene rings is 1. The predicted molar refractivity (Wildman–Crippen MR) is 224 cm³/mol. The molecule has 0 aliphatic heterocycles. The zero-order chi connectivity index (χ0) is 34.6. The Balaban J connectivity index is 1.14. The lowest BCUT2D eigenvalue weighted by Crippen LogP contribution is -2.03. The molecule has 0 N–H and O–H groups in total. The number of fused-ring (bicyclic) bond motifs is 11. The van der Waals surface area contributed by atoms with Crippen LogP contribution in [0.15, 0.2) is 170 Å². The average molecular weight is 693 g/mol. The fourth-order valence-corrected chi connectivity index (χ4v) is 9.67. The van der Waals surface area contributed by atoms with E-state index in [1.165, 1.54) is 58.0 Å². The summed E-state index contributed by atoms with van der Waals surface area (Å²) in [7, 11) is 0. The van der Waals surface area contributed by atoms with Gasteiger partial charge in [-0.1, -0.05) is 109 Å². The van der Waals surface area contributed by atoms with Gasteiger partial charge in [-0.2, -0.15) is 0 Å². The van der Waals surface area contributed by atoms with Gasteiger partial charge in [0.2, 0.25) is 5.95 Å². The summed E-state index contributed by atoms with van der Waals surface area (Å²) in [5.41, 5.74) is 8.56. The van der Waals surface area contributed by atoms with E-state index in [0.29, 0.717) is 5.95 Å². The van der Waals surface area contributed by atoms with E-state index < -0.39 is 0 Å². The minimum Gasteiger partial charge on any atom is -0.309 e. The van der Waals surface area contributed by atoms with Crippen LogP contribution < -0.4 is 0 Å². The standard InChI is InChI=1S/C48H28N4S/c1-2-14-32(15-3-1)51-41-20-10-7-16-33(41)37-27-38-34-17-8-11-21-42(34)52(44(38)28-43(37)51)48-49-40-19-9-6-18-36(40)47(50-48)31-22-23-35-39-24-29-12-4-5-13-30(29)25-46(39)53-45(35)26-31/h1-28H. The van der Waals surface area contributed by atoms with Gasteiger partial charge in [-0.25, -0.2) is 9.97 Å². The number of para-hydroxylation sites is 4. The second-order valence-corrected chi connectivity index (χ2v) is 14.9. The molecular weight excluding hydrogens is 665 g/mol. The Hall–Kier alpha value is -6.82.